The van der Waals surface area contributed by atoms with Crippen molar-refractivity contribution < 1.29 is 13.2 Å². The Hall–Kier alpha value is -1.89. The number of rotatable bonds is 4. The molecule has 2 aromatic carbocycles. The van der Waals surface area contributed by atoms with E-state index in [9.17, 15) is 13.2 Å². The van der Waals surface area contributed by atoms with E-state index in [1.165, 1.54) is 22.5 Å². The van der Waals surface area contributed by atoms with E-state index in [0.29, 0.717) is 18.8 Å². The number of carbonyl (C=O) groups is 1. The average molecular weight is 407 g/mol. The fraction of sp³-hybridized carbons (Fsp3) is 0.350. The van der Waals surface area contributed by atoms with Crippen molar-refractivity contribution in [2.45, 2.75) is 38.0 Å². The van der Waals surface area contributed by atoms with E-state index in [-0.39, 0.29) is 21.4 Å². The normalized spacial score (nSPS) is 15.5. The number of carbonyl (C=O) groups excluding carboxylic acids is 1. The number of nitrogens with one attached hydrogen (secondary N) is 1. The molecule has 1 aliphatic rings. The van der Waals surface area contributed by atoms with Crippen LogP contribution in [0.3, 0.4) is 0 Å². The number of sulfonamides is 1. The molecule has 0 atom stereocenters. The lowest BCUT2D eigenvalue weighted by Crippen LogP contribution is -2.35. The van der Waals surface area contributed by atoms with Gasteiger partial charge >= 0.3 is 0 Å². The van der Waals surface area contributed by atoms with Gasteiger partial charge in [-0.2, -0.15) is 4.31 Å². The number of aryl methyl sites for hydroxylation is 2. The van der Waals surface area contributed by atoms with Crippen molar-refractivity contribution >= 4 is 33.2 Å². The molecular formula is C20H23ClN2O3S. The molecular weight excluding hydrogens is 384 g/mol. The first-order chi connectivity index (χ1) is 12.8. The van der Waals surface area contributed by atoms with Gasteiger partial charge in [-0.25, -0.2) is 8.42 Å². The van der Waals surface area contributed by atoms with Crippen LogP contribution in [0, 0.1) is 13.8 Å². The Labute approximate surface area is 165 Å². The van der Waals surface area contributed by atoms with Gasteiger partial charge in [0.2, 0.25) is 10.0 Å². The third-order valence-electron chi connectivity index (χ3n) is 4.89. The maximum absolute atomic E-state index is 12.9. The Morgan fingerprint density at radius 2 is 1.70 bits per heavy atom. The average Bonchev–Trinajstić information content (AvgIpc) is 2.65. The lowest BCUT2D eigenvalue weighted by atomic mass is 10.1. The minimum atomic E-state index is -3.71. The molecule has 0 spiro atoms. The van der Waals surface area contributed by atoms with Crippen LogP contribution in [0.25, 0.3) is 0 Å². The SMILES string of the molecule is Cc1ccc(NC(=O)c2ccc(Cl)c(S(=O)(=O)N3CCCCC3)c2)cc1C. The first-order valence-corrected chi connectivity index (χ1v) is 10.8. The minimum Gasteiger partial charge on any atom is -0.322 e. The van der Waals surface area contributed by atoms with E-state index < -0.39 is 10.0 Å². The summed E-state index contributed by atoms with van der Waals surface area (Å²) in [5.74, 6) is -0.370. The second-order valence-corrected chi connectivity index (χ2v) is 9.18. The van der Waals surface area contributed by atoms with Gasteiger partial charge in [-0.15, -0.1) is 0 Å². The van der Waals surface area contributed by atoms with Crippen LogP contribution in [0.15, 0.2) is 41.3 Å². The van der Waals surface area contributed by atoms with Crippen LogP contribution in [0.5, 0.6) is 0 Å². The van der Waals surface area contributed by atoms with Crippen molar-refractivity contribution in [3.05, 3.63) is 58.1 Å². The summed E-state index contributed by atoms with van der Waals surface area (Å²) in [5.41, 5.74) is 3.12. The van der Waals surface area contributed by atoms with E-state index in [1.807, 2.05) is 32.0 Å². The fourth-order valence-electron chi connectivity index (χ4n) is 3.11. The zero-order chi connectivity index (χ0) is 19.6. The molecule has 1 N–H and O–H groups in total. The van der Waals surface area contributed by atoms with E-state index in [2.05, 4.69) is 5.32 Å². The van der Waals surface area contributed by atoms with Crippen LogP contribution >= 0.6 is 11.6 Å². The zero-order valence-electron chi connectivity index (χ0n) is 15.5. The molecule has 5 nitrogen and oxygen atoms in total. The summed E-state index contributed by atoms with van der Waals surface area (Å²) in [5, 5.41) is 2.94. The number of hydrogen-bond acceptors (Lipinski definition) is 3. The second-order valence-electron chi connectivity index (χ2n) is 6.86. The van der Waals surface area contributed by atoms with E-state index in [4.69, 9.17) is 11.6 Å². The van der Waals surface area contributed by atoms with Gasteiger partial charge in [0.25, 0.3) is 5.91 Å². The lowest BCUT2D eigenvalue weighted by Gasteiger charge is -2.26. The van der Waals surface area contributed by atoms with Crippen molar-refractivity contribution in [2.75, 3.05) is 18.4 Å². The van der Waals surface area contributed by atoms with Crippen LogP contribution in [0.4, 0.5) is 5.69 Å². The zero-order valence-corrected chi connectivity index (χ0v) is 17.0. The van der Waals surface area contributed by atoms with Gasteiger partial charge < -0.3 is 5.32 Å². The highest BCUT2D eigenvalue weighted by molar-refractivity contribution is 7.89. The highest BCUT2D eigenvalue weighted by Crippen LogP contribution is 2.28. The van der Waals surface area contributed by atoms with Gasteiger partial charge in [-0.1, -0.05) is 24.1 Å². The van der Waals surface area contributed by atoms with Crippen LogP contribution < -0.4 is 5.32 Å². The van der Waals surface area contributed by atoms with Gasteiger partial charge in [0.15, 0.2) is 0 Å². The topological polar surface area (TPSA) is 66.5 Å². The van der Waals surface area contributed by atoms with Crippen molar-refractivity contribution in [3.8, 4) is 0 Å². The monoisotopic (exact) mass is 406 g/mol. The molecule has 3 rings (SSSR count). The van der Waals surface area contributed by atoms with E-state index in [1.54, 1.807) is 0 Å². The van der Waals surface area contributed by atoms with Gasteiger partial charge in [0, 0.05) is 24.3 Å². The summed E-state index contributed by atoms with van der Waals surface area (Å²) in [6.07, 6.45) is 2.70. The molecule has 27 heavy (non-hydrogen) atoms. The molecule has 0 saturated carbocycles. The van der Waals surface area contributed by atoms with Crippen LogP contribution in [-0.4, -0.2) is 31.7 Å². The number of halogens is 1. The molecule has 2 aromatic rings. The van der Waals surface area contributed by atoms with Crippen LogP contribution in [0.1, 0.15) is 40.7 Å². The molecule has 1 fully saturated rings. The third-order valence-corrected chi connectivity index (χ3v) is 7.27. The number of anilines is 1. The molecule has 1 amide bonds. The van der Waals surface area contributed by atoms with Crippen molar-refractivity contribution in [1.82, 2.24) is 4.31 Å². The number of benzene rings is 2. The van der Waals surface area contributed by atoms with Gasteiger partial charge in [-0.3, -0.25) is 4.79 Å². The molecule has 1 heterocycles. The first-order valence-electron chi connectivity index (χ1n) is 8.97. The smallest absolute Gasteiger partial charge is 0.255 e. The lowest BCUT2D eigenvalue weighted by molar-refractivity contribution is 0.102. The quantitative estimate of drug-likeness (QED) is 0.819. The predicted molar refractivity (Wildman–Crippen MR) is 108 cm³/mol. The fourth-order valence-corrected chi connectivity index (χ4v) is 5.13. The number of piperidine rings is 1. The molecule has 7 heteroatoms. The summed E-state index contributed by atoms with van der Waals surface area (Å²) >= 11 is 6.17. The van der Waals surface area contributed by atoms with Crippen LogP contribution in [0.2, 0.25) is 5.02 Å². The number of amides is 1. The molecule has 0 unspecified atom stereocenters. The standard InChI is InChI=1S/C20H23ClN2O3S/c1-14-6-8-17(12-15(14)2)22-20(24)16-7-9-18(21)19(13-16)27(25,26)23-10-4-3-5-11-23/h6-9,12-13H,3-5,10-11H2,1-2H3,(H,22,24). The van der Waals surface area contributed by atoms with Crippen LogP contribution in [-0.2, 0) is 10.0 Å². The largest absolute Gasteiger partial charge is 0.322 e. The van der Waals surface area contributed by atoms with Crippen molar-refractivity contribution in [2.24, 2.45) is 0 Å². The van der Waals surface area contributed by atoms with Gasteiger partial charge in [-0.05, 0) is 68.1 Å². The number of nitrogens with zero attached hydrogens (tertiary/aromatic N) is 1. The minimum absolute atomic E-state index is 0.0150. The molecule has 0 radical (unpaired) electrons. The summed E-state index contributed by atoms with van der Waals surface area (Å²) in [4.78, 5) is 12.6. The summed E-state index contributed by atoms with van der Waals surface area (Å²) < 4.78 is 27.3. The summed E-state index contributed by atoms with van der Waals surface area (Å²) in [7, 11) is -3.71. The Morgan fingerprint density at radius 1 is 1.00 bits per heavy atom. The summed E-state index contributed by atoms with van der Waals surface area (Å²) in [6.45, 7) is 4.93. The van der Waals surface area contributed by atoms with E-state index >= 15 is 0 Å². The highest BCUT2D eigenvalue weighted by Gasteiger charge is 2.28. The first kappa shape index (κ1) is 19.9. The molecule has 1 saturated heterocycles. The highest BCUT2D eigenvalue weighted by atomic mass is 35.5. The Morgan fingerprint density at radius 3 is 2.37 bits per heavy atom. The Balaban J connectivity index is 1.88. The maximum atomic E-state index is 12.9. The van der Waals surface area contributed by atoms with Crippen molar-refractivity contribution in [3.63, 3.8) is 0 Å². The molecule has 0 aliphatic carbocycles. The molecule has 144 valence electrons. The molecule has 0 bridgehead atoms. The van der Waals surface area contributed by atoms with Gasteiger partial charge in [0.05, 0.1) is 5.02 Å². The van der Waals surface area contributed by atoms with E-state index in [0.717, 1.165) is 30.4 Å². The Kier molecular flexibility index (Phi) is 5.89. The third kappa shape index (κ3) is 4.34. The van der Waals surface area contributed by atoms with Gasteiger partial charge in [0.1, 0.15) is 4.90 Å². The maximum Gasteiger partial charge on any atom is 0.255 e. The second kappa shape index (κ2) is 8.00. The van der Waals surface area contributed by atoms with Crippen molar-refractivity contribution in [1.29, 1.82) is 0 Å². The predicted octanol–water partition coefficient (Wildman–Crippen LogP) is 4.38. The number of hydrogen-bond donors (Lipinski definition) is 1. The summed E-state index contributed by atoms with van der Waals surface area (Å²) in [6, 6.07) is 10.00. The molecule has 1 aliphatic heterocycles. The Bertz CT molecular complexity index is 967. The molecule has 0 aromatic heterocycles.